The minimum Gasteiger partial charge on any atom is -0.395 e. The predicted molar refractivity (Wildman–Crippen MR) is 76.2 cm³/mol. The Labute approximate surface area is 117 Å². The largest absolute Gasteiger partial charge is 0.395 e. The molecule has 19 heavy (non-hydrogen) atoms. The molecule has 0 radical (unpaired) electrons. The number of hydrogen-bond donors (Lipinski definition) is 1. The van der Waals surface area contributed by atoms with E-state index >= 15 is 0 Å². The first-order valence-corrected chi connectivity index (χ1v) is 8.34. The van der Waals surface area contributed by atoms with E-state index in [0.29, 0.717) is 18.8 Å². The number of piperidine rings is 1. The molecule has 3 aliphatic rings. The van der Waals surface area contributed by atoms with Crippen LogP contribution in [0.4, 0.5) is 0 Å². The van der Waals surface area contributed by atoms with Gasteiger partial charge in [-0.15, -0.1) is 0 Å². The van der Waals surface area contributed by atoms with Crippen LogP contribution in [0.1, 0.15) is 64.2 Å². The summed E-state index contributed by atoms with van der Waals surface area (Å²) in [5, 5.41) is 9.50. The molecule has 2 atom stereocenters. The summed E-state index contributed by atoms with van der Waals surface area (Å²) in [5.74, 6) is 0. The van der Waals surface area contributed by atoms with Crippen molar-refractivity contribution < 1.29 is 9.84 Å². The first kappa shape index (κ1) is 13.8. The normalized spacial score (nSPS) is 35.8. The maximum atomic E-state index is 9.50. The van der Waals surface area contributed by atoms with Crippen molar-refractivity contribution in [2.75, 3.05) is 19.7 Å². The smallest absolute Gasteiger partial charge is 0.0710 e. The van der Waals surface area contributed by atoms with E-state index in [-0.39, 0.29) is 5.60 Å². The van der Waals surface area contributed by atoms with E-state index in [1.165, 1.54) is 57.8 Å². The highest BCUT2D eigenvalue weighted by Crippen LogP contribution is 2.42. The molecule has 0 aromatic carbocycles. The molecule has 0 aromatic rings. The van der Waals surface area contributed by atoms with Gasteiger partial charge in [0.15, 0.2) is 0 Å². The molecule has 3 fully saturated rings. The molecule has 1 spiro atoms. The van der Waals surface area contributed by atoms with E-state index in [4.69, 9.17) is 4.74 Å². The number of nitrogens with zero attached hydrogens (tertiary/aromatic N) is 1. The second-order valence-corrected chi connectivity index (χ2v) is 6.85. The molecule has 0 amide bonds. The lowest BCUT2D eigenvalue weighted by molar-refractivity contribution is -0.0785. The summed E-state index contributed by atoms with van der Waals surface area (Å²) in [6, 6.07) is 0.389. The third kappa shape index (κ3) is 3.14. The SMILES string of the molecule is OCC1CCCCN1CC1CCC2(CCCCC2)O1. The summed E-state index contributed by atoms with van der Waals surface area (Å²) in [6.45, 7) is 2.52. The topological polar surface area (TPSA) is 32.7 Å². The third-order valence-electron chi connectivity index (χ3n) is 5.50. The Kier molecular flexibility index (Phi) is 4.45. The quantitative estimate of drug-likeness (QED) is 0.853. The lowest BCUT2D eigenvalue weighted by Crippen LogP contribution is -2.46. The van der Waals surface area contributed by atoms with Crippen LogP contribution in [-0.2, 0) is 4.74 Å². The number of likely N-dealkylation sites (tertiary alicyclic amines) is 1. The monoisotopic (exact) mass is 267 g/mol. The maximum absolute atomic E-state index is 9.50. The van der Waals surface area contributed by atoms with Gasteiger partial charge in [-0.2, -0.15) is 0 Å². The summed E-state index contributed by atoms with van der Waals surface area (Å²) >= 11 is 0. The van der Waals surface area contributed by atoms with E-state index < -0.39 is 0 Å². The molecule has 2 heterocycles. The second-order valence-electron chi connectivity index (χ2n) is 6.85. The van der Waals surface area contributed by atoms with Crippen LogP contribution in [0.5, 0.6) is 0 Å². The Bertz CT molecular complexity index is 288. The first-order valence-electron chi connectivity index (χ1n) is 8.34. The Hall–Kier alpha value is -0.120. The molecule has 2 unspecified atom stereocenters. The van der Waals surface area contributed by atoms with Crippen molar-refractivity contribution in [1.82, 2.24) is 4.90 Å². The Morgan fingerprint density at radius 2 is 1.84 bits per heavy atom. The van der Waals surface area contributed by atoms with Crippen LogP contribution in [0.3, 0.4) is 0 Å². The molecule has 3 rings (SSSR count). The summed E-state index contributed by atoms with van der Waals surface area (Å²) in [4.78, 5) is 2.48. The Balaban J connectivity index is 1.53. The molecule has 2 saturated heterocycles. The highest BCUT2D eigenvalue weighted by molar-refractivity contribution is 4.92. The molecular weight excluding hydrogens is 238 g/mol. The van der Waals surface area contributed by atoms with Crippen molar-refractivity contribution in [2.24, 2.45) is 0 Å². The van der Waals surface area contributed by atoms with Gasteiger partial charge in [-0.1, -0.05) is 25.7 Å². The van der Waals surface area contributed by atoms with E-state index in [2.05, 4.69) is 4.90 Å². The first-order chi connectivity index (χ1) is 9.31. The fraction of sp³-hybridized carbons (Fsp3) is 1.00. The fourth-order valence-corrected chi connectivity index (χ4v) is 4.36. The van der Waals surface area contributed by atoms with Gasteiger partial charge in [-0.25, -0.2) is 0 Å². The van der Waals surface area contributed by atoms with Crippen molar-refractivity contribution in [1.29, 1.82) is 0 Å². The van der Waals surface area contributed by atoms with E-state index in [0.717, 1.165) is 19.5 Å². The number of aliphatic hydroxyl groups excluding tert-OH is 1. The highest BCUT2D eigenvalue weighted by Gasteiger charge is 2.41. The van der Waals surface area contributed by atoms with Crippen molar-refractivity contribution >= 4 is 0 Å². The number of aliphatic hydroxyl groups is 1. The van der Waals surface area contributed by atoms with Gasteiger partial charge in [0.05, 0.1) is 18.3 Å². The van der Waals surface area contributed by atoms with Crippen molar-refractivity contribution in [3.63, 3.8) is 0 Å². The number of hydrogen-bond acceptors (Lipinski definition) is 3. The van der Waals surface area contributed by atoms with Gasteiger partial charge >= 0.3 is 0 Å². The van der Waals surface area contributed by atoms with Crippen molar-refractivity contribution in [3.8, 4) is 0 Å². The zero-order chi connectivity index (χ0) is 13.1. The summed E-state index contributed by atoms with van der Waals surface area (Å²) < 4.78 is 6.46. The minimum atomic E-state index is 0.243. The van der Waals surface area contributed by atoms with Crippen molar-refractivity contribution in [3.05, 3.63) is 0 Å². The van der Waals surface area contributed by atoms with Crippen LogP contribution in [-0.4, -0.2) is 47.4 Å². The molecule has 3 nitrogen and oxygen atoms in total. The van der Waals surface area contributed by atoms with Crippen LogP contribution < -0.4 is 0 Å². The van der Waals surface area contributed by atoms with E-state index in [1.807, 2.05) is 0 Å². The highest BCUT2D eigenvalue weighted by atomic mass is 16.5. The van der Waals surface area contributed by atoms with Gasteiger partial charge in [0.25, 0.3) is 0 Å². The van der Waals surface area contributed by atoms with E-state index in [9.17, 15) is 5.11 Å². The maximum Gasteiger partial charge on any atom is 0.0710 e. The summed E-state index contributed by atoms with van der Waals surface area (Å²) in [7, 11) is 0. The zero-order valence-corrected chi connectivity index (χ0v) is 12.1. The van der Waals surface area contributed by atoms with Crippen LogP contribution in [0.25, 0.3) is 0 Å². The van der Waals surface area contributed by atoms with Crippen molar-refractivity contribution in [2.45, 2.75) is 82.0 Å². The molecule has 1 N–H and O–H groups in total. The van der Waals surface area contributed by atoms with Gasteiger partial charge in [0, 0.05) is 12.6 Å². The third-order valence-corrected chi connectivity index (χ3v) is 5.50. The summed E-state index contributed by atoms with van der Waals surface area (Å²) in [6.07, 6.45) is 13.3. The molecule has 2 aliphatic heterocycles. The predicted octanol–water partition coefficient (Wildman–Crippen LogP) is 2.72. The standard InChI is InChI=1S/C16H29NO2/c18-13-14-6-2-5-11-17(14)12-15-7-10-16(19-15)8-3-1-4-9-16/h14-15,18H,1-13H2. The van der Waals surface area contributed by atoms with Crippen LogP contribution in [0.2, 0.25) is 0 Å². The molecule has 0 bridgehead atoms. The molecule has 110 valence electrons. The fourth-order valence-electron chi connectivity index (χ4n) is 4.36. The average molecular weight is 267 g/mol. The van der Waals surface area contributed by atoms with Crippen LogP contribution in [0.15, 0.2) is 0 Å². The molecule has 3 heteroatoms. The molecular formula is C16H29NO2. The van der Waals surface area contributed by atoms with Gasteiger partial charge in [0.2, 0.25) is 0 Å². The van der Waals surface area contributed by atoms with Gasteiger partial charge < -0.3 is 9.84 Å². The van der Waals surface area contributed by atoms with Gasteiger partial charge in [0.1, 0.15) is 0 Å². The Morgan fingerprint density at radius 3 is 2.63 bits per heavy atom. The zero-order valence-electron chi connectivity index (χ0n) is 12.1. The van der Waals surface area contributed by atoms with Crippen LogP contribution in [0, 0.1) is 0 Å². The van der Waals surface area contributed by atoms with E-state index in [1.54, 1.807) is 0 Å². The Morgan fingerprint density at radius 1 is 1.00 bits per heavy atom. The van der Waals surface area contributed by atoms with Crippen LogP contribution >= 0.6 is 0 Å². The second kappa shape index (κ2) is 6.11. The number of ether oxygens (including phenoxy) is 1. The molecule has 1 saturated carbocycles. The molecule has 1 aliphatic carbocycles. The molecule has 0 aromatic heterocycles. The number of rotatable bonds is 3. The minimum absolute atomic E-state index is 0.243. The van der Waals surface area contributed by atoms with Gasteiger partial charge in [-0.3, -0.25) is 4.90 Å². The average Bonchev–Trinajstić information content (AvgIpc) is 2.83. The van der Waals surface area contributed by atoms with Gasteiger partial charge in [-0.05, 0) is 45.1 Å². The lowest BCUT2D eigenvalue weighted by atomic mass is 9.83. The summed E-state index contributed by atoms with van der Waals surface area (Å²) in [5.41, 5.74) is 0.243. The lowest BCUT2D eigenvalue weighted by Gasteiger charge is -2.37.